The summed E-state index contributed by atoms with van der Waals surface area (Å²) in [5.74, 6) is -3.47. The van der Waals surface area contributed by atoms with Gasteiger partial charge < -0.3 is 31.5 Å². The fourth-order valence-electron chi connectivity index (χ4n) is 2.61. The van der Waals surface area contributed by atoms with Crippen molar-refractivity contribution in [3.05, 3.63) is 0 Å². The van der Waals surface area contributed by atoms with Crippen LogP contribution in [0.3, 0.4) is 0 Å². The second-order valence-corrected chi connectivity index (χ2v) is 7.07. The molecule has 6 N–H and O–H groups in total. The number of carboxylic acids is 1. The molecule has 27 heavy (non-hydrogen) atoms. The van der Waals surface area contributed by atoms with Gasteiger partial charge in [-0.05, 0) is 25.3 Å². The molecule has 1 saturated heterocycles. The summed E-state index contributed by atoms with van der Waals surface area (Å²) in [6, 6.07) is -3.85. The molecule has 0 radical (unpaired) electrons. The van der Waals surface area contributed by atoms with Gasteiger partial charge in [0.25, 0.3) is 0 Å². The molecule has 0 aromatic heterocycles. The van der Waals surface area contributed by atoms with Gasteiger partial charge in [-0.3, -0.25) is 14.4 Å². The van der Waals surface area contributed by atoms with Gasteiger partial charge in [-0.15, -0.1) is 0 Å². The van der Waals surface area contributed by atoms with E-state index in [1.807, 2.05) is 0 Å². The zero-order chi connectivity index (χ0) is 20.6. The van der Waals surface area contributed by atoms with Gasteiger partial charge in [-0.25, -0.2) is 4.79 Å². The predicted molar refractivity (Wildman–Crippen MR) is 100 cm³/mol. The Morgan fingerprint density at radius 1 is 1.11 bits per heavy atom. The summed E-state index contributed by atoms with van der Waals surface area (Å²) in [5, 5.41) is 28.6. The number of hydrogen-bond acceptors (Lipinski definition) is 7. The Morgan fingerprint density at radius 2 is 1.74 bits per heavy atom. The van der Waals surface area contributed by atoms with Crippen LogP contribution in [0.2, 0.25) is 0 Å². The summed E-state index contributed by atoms with van der Waals surface area (Å²) in [4.78, 5) is 47.9. The lowest BCUT2D eigenvalue weighted by molar-refractivity contribution is -0.142. The fraction of sp³-hybridized carbons (Fsp3) is 0.750. The topological polar surface area (TPSA) is 157 Å². The molecule has 0 bridgehead atoms. The van der Waals surface area contributed by atoms with E-state index in [4.69, 9.17) is 5.11 Å². The Balaban J connectivity index is 2.72. The molecule has 1 aliphatic rings. The molecule has 3 amide bonds. The van der Waals surface area contributed by atoms with E-state index in [1.165, 1.54) is 0 Å². The summed E-state index contributed by atoms with van der Waals surface area (Å²) in [5.41, 5.74) is 0. The number of carbonyl (C=O) groups excluding carboxylic acids is 3. The lowest BCUT2D eigenvalue weighted by Crippen LogP contribution is -2.59. The lowest BCUT2D eigenvalue weighted by atomic mass is 10.0. The predicted octanol–water partition coefficient (Wildman–Crippen LogP) is -2.14. The van der Waals surface area contributed by atoms with E-state index in [1.54, 1.807) is 13.8 Å². The summed E-state index contributed by atoms with van der Waals surface area (Å²) < 4.78 is 0. The third-order valence-electron chi connectivity index (χ3n) is 4.24. The van der Waals surface area contributed by atoms with Crippen LogP contribution in [0.1, 0.15) is 26.7 Å². The molecular weight excluding hydrogens is 376 g/mol. The maximum atomic E-state index is 12.5. The van der Waals surface area contributed by atoms with E-state index >= 15 is 0 Å². The first-order valence-electron chi connectivity index (χ1n) is 8.80. The smallest absolute Gasteiger partial charge is 0.327 e. The van der Waals surface area contributed by atoms with Gasteiger partial charge in [-0.1, -0.05) is 13.8 Å². The van der Waals surface area contributed by atoms with Crippen molar-refractivity contribution in [1.82, 2.24) is 21.3 Å². The van der Waals surface area contributed by atoms with E-state index < -0.39 is 42.5 Å². The molecule has 0 aromatic carbocycles. The summed E-state index contributed by atoms with van der Waals surface area (Å²) >= 11 is 3.84. The van der Waals surface area contributed by atoms with Gasteiger partial charge in [-0.2, -0.15) is 12.6 Å². The van der Waals surface area contributed by atoms with Gasteiger partial charge in [0.1, 0.15) is 18.1 Å². The largest absolute Gasteiger partial charge is 0.480 e. The zero-order valence-electron chi connectivity index (χ0n) is 15.4. The normalized spacial score (nSPS) is 19.8. The van der Waals surface area contributed by atoms with Gasteiger partial charge in [0.15, 0.2) is 0 Å². The lowest BCUT2D eigenvalue weighted by Gasteiger charge is -2.26. The first kappa shape index (κ1) is 23.2. The number of carbonyl (C=O) groups is 4. The van der Waals surface area contributed by atoms with Crippen LogP contribution >= 0.6 is 12.6 Å². The van der Waals surface area contributed by atoms with Crippen molar-refractivity contribution < 1.29 is 29.4 Å². The van der Waals surface area contributed by atoms with Gasteiger partial charge in [0.05, 0.1) is 12.6 Å². The number of aliphatic carboxylic acids is 1. The molecule has 4 unspecified atom stereocenters. The molecule has 0 saturated carbocycles. The molecule has 10 nitrogen and oxygen atoms in total. The van der Waals surface area contributed by atoms with Crippen LogP contribution in [-0.4, -0.2) is 77.0 Å². The minimum atomic E-state index is -1.35. The number of hydrogen-bond donors (Lipinski definition) is 7. The van der Waals surface area contributed by atoms with Crippen LogP contribution in [0.4, 0.5) is 0 Å². The second kappa shape index (κ2) is 11.1. The van der Waals surface area contributed by atoms with Crippen LogP contribution in [0.25, 0.3) is 0 Å². The number of aliphatic hydroxyl groups excluding tert-OH is 1. The SMILES string of the molecule is CC(C)C(NC(=O)C1CCCN1)C(=O)NC(CO)C(=O)NC(CS)C(=O)O. The number of rotatable bonds is 10. The van der Waals surface area contributed by atoms with Crippen LogP contribution in [-0.2, 0) is 19.2 Å². The molecule has 1 heterocycles. The Kier molecular flexibility index (Phi) is 9.53. The average Bonchev–Trinajstić information content (AvgIpc) is 3.15. The van der Waals surface area contributed by atoms with E-state index in [9.17, 15) is 24.3 Å². The number of amides is 3. The van der Waals surface area contributed by atoms with Crippen LogP contribution in [0.5, 0.6) is 0 Å². The third-order valence-corrected chi connectivity index (χ3v) is 4.60. The van der Waals surface area contributed by atoms with Crippen molar-refractivity contribution in [2.24, 2.45) is 5.92 Å². The van der Waals surface area contributed by atoms with Gasteiger partial charge in [0.2, 0.25) is 17.7 Å². The first-order valence-corrected chi connectivity index (χ1v) is 9.43. The summed E-state index contributed by atoms with van der Waals surface area (Å²) in [7, 11) is 0. The van der Waals surface area contributed by atoms with Crippen molar-refractivity contribution in [3.63, 3.8) is 0 Å². The van der Waals surface area contributed by atoms with Gasteiger partial charge in [0, 0.05) is 5.75 Å². The molecule has 4 atom stereocenters. The maximum Gasteiger partial charge on any atom is 0.327 e. The van der Waals surface area contributed by atoms with Gasteiger partial charge >= 0.3 is 5.97 Å². The highest BCUT2D eigenvalue weighted by Crippen LogP contribution is 2.08. The van der Waals surface area contributed by atoms with E-state index in [0.717, 1.165) is 13.0 Å². The highest BCUT2D eigenvalue weighted by atomic mass is 32.1. The maximum absolute atomic E-state index is 12.5. The van der Waals surface area contributed by atoms with Crippen LogP contribution < -0.4 is 21.3 Å². The van der Waals surface area contributed by atoms with Crippen molar-refractivity contribution in [2.75, 3.05) is 18.9 Å². The second-order valence-electron chi connectivity index (χ2n) is 6.70. The van der Waals surface area contributed by atoms with Crippen LogP contribution in [0, 0.1) is 5.92 Å². The van der Waals surface area contributed by atoms with E-state index in [0.29, 0.717) is 6.42 Å². The minimum absolute atomic E-state index is 0.147. The van der Waals surface area contributed by atoms with Crippen molar-refractivity contribution in [2.45, 2.75) is 50.9 Å². The number of carboxylic acid groups (broad SMARTS) is 1. The summed E-state index contributed by atoms with van der Waals surface area (Å²) in [6.45, 7) is 3.49. The van der Waals surface area contributed by atoms with Crippen molar-refractivity contribution in [3.8, 4) is 0 Å². The Morgan fingerprint density at radius 3 is 2.19 bits per heavy atom. The average molecular weight is 404 g/mol. The number of thiol groups is 1. The number of nitrogens with one attached hydrogen (secondary N) is 4. The molecule has 1 rings (SSSR count). The monoisotopic (exact) mass is 404 g/mol. The molecule has 1 aliphatic heterocycles. The molecule has 1 fully saturated rings. The fourth-order valence-corrected chi connectivity index (χ4v) is 2.86. The molecule has 0 spiro atoms. The van der Waals surface area contributed by atoms with E-state index in [-0.39, 0.29) is 23.6 Å². The molecular formula is C16H28N4O6S. The van der Waals surface area contributed by atoms with E-state index in [2.05, 4.69) is 33.9 Å². The van der Waals surface area contributed by atoms with Crippen molar-refractivity contribution >= 4 is 36.3 Å². The quantitative estimate of drug-likeness (QED) is 0.205. The van der Waals surface area contributed by atoms with Crippen molar-refractivity contribution in [1.29, 1.82) is 0 Å². The minimum Gasteiger partial charge on any atom is -0.480 e. The highest BCUT2D eigenvalue weighted by Gasteiger charge is 2.32. The molecule has 154 valence electrons. The molecule has 11 heteroatoms. The summed E-state index contributed by atoms with van der Waals surface area (Å²) in [6.07, 6.45) is 1.56. The third kappa shape index (κ3) is 7.00. The highest BCUT2D eigenvalue weighted by molar-refractivity contribution is 7.80. The Hall–Kier alpha value is -1.85. The zero-order valence-corrected chi connectivity index (χ0v) is 16.3. The number of aliphatic hydroxyl groups is 1. The molecule has 0 aromatic rings. The Labute approximate surface area is 163 Å². The van der Waals surface area contributed by atoms with Crippen LogP contribution in [0.15, 0.2) is 0 Å². The molecule has 0 aliphatic carbocycles. The standard InChI is InChI=1S/C16H28N4O6S/c1-8(2)12(20-13(22)9-4-3-5-17-9)15(24)18-10(6-21)14(23)19-11(7-27)16(25)26/h8-12,17,21,27H,3-7H2,1-2H3,(H,18,24)(H,19,23)(H,20,22)(H,25,26). The Bertz CT molecular complexity index is 553. The first-order chi connectivity index (χ1) is 12.7.